The van der Waals surface area contributed by atoms with E-state index in [1.807, 2.05) is 24.5 Å². The fourth-order valence-corrected chi connectivity index (χ4v) is 5.20. The Balaban J connectivity index is 1.64. The lowest BCUT2D eigenvalue weighted by Crippen LogP contribution is -2.47. The lowest BCUT2D eigenvalue weighted by atomic mass is 9.83. The van der Waals surface area contributed by atoms with E-state index in [4.69, 9.17) is 0 Å². The topological polar surface area (TPSA) is 88.7 Å². The maximum atomic E-state index is 13.0. The SMILES string of the molecule is CCCN(CCC)C(=O)c1ccc(N2C[C@H]3C[C@@H](C2)c2cccc(=O)n2C3)c([N+](=O)[O-])c1. The van der Waals surface area contributed by atoms with Gasteiger partial charge >= 0.3 is 0 Å². The maximum absolute atomic E-state index is 13.0. The molecule has 1 aromatic carbocycles. The van der Waals surface area contributed by atoms with Gasteiger partial charge in [-0.3, -0.25) is 19.7 Å². The van der Waals surface area contributed by atoms with E-state index in [9.17, 15) is 19.7 Å². The summed E-state index contributed by atoms with van der Waals surface area (Å²) in [6, 6.07) is 10.2. The van der Waals surface area contributed by atoms with Crippen molar-refractivity contribution >= 4 is 17.3 Å². The number of pyridine rings is 1. The third-order valence-electron chi connectivity index (χ3n) is 6.51. The third-order valence-corrected chi connectivity index (χ3v) is 6.51. The van der Waals surface area contributed by atoms with Crippen LogP contribution in [-0.4, -0.2) is 46.5 Å². The zero-order chi connectivity index (χ0) is 22.8. The number of nitro groups is 1. The van der Waals surface area contributed by atoms with Gasteiger partial charge in [0.05, 0.1) is 4.92 Å². The average Bonchev–Trinajstić information content (AvgIpc) is 2.78. The molecule has 0 spiro atoms. The van der Waals surface area contributed by atoms with E-state index in [0.717, 1.165) is 25.0 Å². The van der Waals surface area contributed by atoms with Crippen LogP contribution in [0.4, 0.5) is 11.4 Å². The van der Waals surface area contributed by atoms with Gasteiger partial charge in [0, 0.05) is 62.0 Å². The van der Waals surface area contributed by atoms with Gasteiger partial charge in [-0.1, -0.05) is 19.9 Å². The van der Waals surface area contributed by atoms with Gasteiger partial charge in [-0.15, -0.1) is 0 Å². The molecule has 3 heterocycles. The molecular weight excluding hydrogens is 408 g/mol. The fourth-order valence-electron chi connectivity index (χ4n) is 5.20. The summed E-state index contributed by atoms with van der Waals surface area (Å²) in [5, 5.41) is 12.0. The lowest BCUT2D eigenvalue weighted by molar-refractivity contribution is -0.384. The molecule has 8 nitrogen and oxygen atoms in total. The first-order valence-corrected chi connectivity index (χ1v) is 11.4. The molecule has 170 valence electrons. The number of hydrogen-bond acceptors (Lipinski definition) is 5. The van der Waals surface area contributed by atoms with E-state index < -0.39 is 0 Å². The monoisotopic (exact) mass is 438 g/mol. The van der Waals surface area contributed by atoms with Crippen LogP contribution in [0.15, 0.2) is 41.2 Å². The summed E-state index contributed by atoms with van der Waals surface area (Å²) in [5.74, 6) is 0.251. The zero-order valence-electron chi connectivity index (χ0n) is 18.7. The second kappa shape index (κ2) is 9.14. The van der Waals surface area contributed by atoms with Crippen molar-refractivity contribution in [3.63, 3.8) is 0 Å². The molecule has 4 rings (SSSR count). The molecule has 2 aliphatic rings. The molecule has 32 heavy (non-hydrogen) atoms. The number of fused-ring (bicyclic) bond motifs is 4. The number of hydrogen-bond donors (Lipinski definition) is 0. The Hall–Kier alpha value is -3.16. The molecule has 2 aromatic rings. The molecule has 0 N–H and O–H groups in total. The summed E-state index contributed by atoms with van der Waals surface area (Å²) in [7, 11) is 0. The van der Waals surface area contributed by atoms with Gasteiger partial charge < -0.3 is 14.4 Å². The predicted octanol–water partition coefficient (Wildman–Crippen LogP) is 3.64. The van der Waals surface area contributed by atoms with Crippen LogP contribution < -0.4 is 10.5 Å². The number of carbonyl (C=O) groups excluding carboxylic acids is 1. The minimum Gasteiger partial charge on any atom is -0.365 e. The smallest absolute Gasteiger partial charge is 0.293 e. The zero-order valence-corrected chi connectivity index (χ0v) is 18.7. The number of rotatable bonds is 7. The Kier molecular flexibility index (Phi) is 6.30. The maximum Gasteiger partial charge on any atom is 0.293 e. The van der Waals surface area contributed by atoms with Crippen molar-refractivity contribution in [1.29, 1.82) is 0 Å². The molecule has 0 saturated carbocycles. The summed E-state index contributed by atoms with van der Waals surface area (Å²) >= 11 is 0. The van der Waals surface area contributed by atoms with E-state index in [2.05, 4.69) is 4.90 Å². The first-order valence-electron chi connectivity index (χ1n) is 11.4. The van der Waals surface area contributed by atoms with Gasteiger partial charge in [-0.05, 0) is 43.4 Å². The molecule has 0 aliphatic carbocycles. The second-order valence-electron chi connectivity index (χ2n) is 8.86. The molecule has 1 amide bonds. The van der Waals surface area contributed by atoms with E-state index in [1.165, 1.54) is 6.07 Å². The number of piperidine rings is 1. The Morgan fingerprint density at radius 2 is 1.88 bits per heavy atom. The number of nitro benzene ring substituents is 1. The quantitative estimate of drug-likeness (QED) is 0.486. The highest BCUT2D eigenvalue weighted by molar-refractivity contribution is 5.95. The summed E-state index contributed by atoms with van der Waals surface area (Å²) < 4.78 is 1.85. The Morgan fingerprint density at radius 1 is 1.12 bits per heavy atom. The van der Waals surface area contributed by atoms with Crippen molar-refractivity contribution < 1.29 is 9.72 Å². The van der Waals surface area contributed by atoms with E-state index in [1.54, 1.807) is 29.2 Å². The van der Waals surface area contributed by atoms with Crippen molar-refractivity contribution in [2.75, 3.05) is 31.1 Å². The molecule has 2 aliphatic heterocycles. The number of anilines is 1. The lowest BCUT2D eigenvalue weighted by Gasteiger charge is -2.43. The fraction of sp³-hybridized carbons (Fsp3) is 0.500. The number of nitrogens with zero attached hydrogens (tertiary/aromatic N) is 4. The first-order chi connectivity index (χ1) is 15.4. The minimum atomic E-state index is -0.390. The van der Waals surface area contributed by atoms with Crippen molar-refractivity contribution in [2.24, 2.45) is 5.92 Å². The van der Waals surface area contributed by atoms with Gasteiger partial charge in [-0.2, -0.15) is 0 Å². The van der Waals surface area contributed by atoms with Crippen LogP contribution in [0.2, 0.25) is 0 Å². The van der Waals surface area contributed by atoms with E-state index >= 15 is 0 Å². The van der Waals surface area contributed by atoms with Crippen LogP contribution in [0.5, 0.6) is 0 Å². The van der Waals surface area contributed by atoms with Gasteiger partial charge in [0.25, 0.3) is 17.2 Å². The standard InChI is InChI=1S/C24H30N4O4/c1-3-10-25(11-4-2)24(30)18-8-9-21(22(13-18)28(31)32)26-14-17-12-19(16-26)20-6-5-7-23(29)27(20)15-17/h5-9,13,17,19H,3-4,10-12,14-16H2,1-2H3/t17-,19+/m1/s1. The molecule has 0 unspecified atom stereocenters. The summed E-state index contributed by atoms with van der Waals surface area (Å²) in [6.07, 6.45) is 2.66. The molecule has 8 heteroatoms. The van der Waals surface area contributed by atoms with Crippen LogP contribution in [0, 0.1) is 16.0 Å². The summed E-state index contributed by atoms with van der Waals surface area (Å²) in [6.45, 7) is 7.21. The highest BCUT2D eigenvalue weighted by Crippen LogP contribution is 2.39. The highest BCUT2D eigenvalue weighted by Gasteiger charge is 2.36. The Bertz CT molecular complexity index is 1070. The van der Waals surface area contributed by atoms with Crippen molar-refractivity contribution in [3.05, 3.63) is 68.1 Å². The van der Waals surface area contributed by atoms with Gasteiger partial charge in [0.1, 0.15) is 5.69 Å². The number of amides is 1. The first kappa shape index (κ1) is 22.0. The van der Waals surface area contributed by atoms with Crippen molar-refractivity contribution in [3.8, 4) is 0 Å². The molecule has 0 radical (unpaired) electrons. The number of carbonyl (C=O) groups is 1. The van der Waals surface area contributed by atoms with Crippen LogP contribution in [-0.2, 0) is 6.54 Å². The largest absolute Gasteiger partial charge is 0.365 e. The van der Waals surface area contributed by atoms with Crippen LogP contribution >= 0.6 is 0 Å². The third kappa shape index (κ3) is 4.13. The Morgan fingerprint density at radius 3 is 2.56 bits per heavy atom. The Labute approximate surface area is 187 Å². The summed E-state index contributed by atoms with van der Waals surface area (Å²) in [5.41, 5.74) is 1.89. The predicted molar refractivity (Wildman–Crippen MR) is 123 cm³/mol. The summed E-state index contributed by atoms with van der Waals surface area (Å²) in [4.78, 5) is 40.6. The average molecular weight is 439 g/mol. The van der Waals surface area contributed by atoms with Crippen molar-refractivity contribution in [1.82, 2.24) is 9.47 Å². The van der Waals surface area contributed by atoms with E-state index in [-0.39, 0.29) is 33.9 Å². The minimum absolute atomic E-state index is 0.0169. The molecule has 2 bridgehead atoms. The van der Waals surface area contributed by atoms with Gasteiger partial charge in [-0.25, -0.2) is 0 Å². The second-order valence-corrected chi connectivity index (χ2v) is 8.86. The normalized spacial score (nSPS) is 19.4. The van der Waals surface area contributed by atoms with Gasteiger partial charge in [0.2, 0.25) is 0 Å². The molecule has 2 atom stereocenters. The highest BCUT2D eigenvalue weighted by atomic mass is 16.6. The molecular formula is C24H30N4O4. The molecule has 1 saturated heterocycles. The van der Waals surface area contributed by atoms with Crippen molar-refractivity contribution in [2.45, 2.75) is 45.6 Å². The van der Waals surface area contributed by atoms with Crippen LogP contribution in [0.3, 0.4) is 0 Å². The van der Waals surface area contributed by atoms with Crippen LogP contribution in [0.1, 0.15) is 55.1 Å². The van der Waals surface area contributed by atoms with Crippen LogP contribution in [0.25, 0.3) is 0 Å². The number of benzene rings is 1. The van der Waals surface area contributed by atoms with Gasteiger partial charge in [0.15, 0.2) is 0 Å². The number of aromatic nitrogens is 1. The molecule has 1 aromatic heterocycles. The van der Waals surface area contributed by atoms with E-state index in [0.29, 0.717) is 44.0 Å². The molecule has 1 fully saturated rings.